The van der Waals surface area contributed by atoms with Gasteiger partial charge in [0.05, 0.1) is 23.7 Å². The van der Waals surface area contributed by atoms with Crippen LogP contribution < -0.4 is 14.8 Å². The fourth-order valence-corrected chi connectivity index (χ4v) is 4.13. The molecular weight excluding hydrogens is 400 g/mol. The maximum atomic E-state index is 12.6. The molecule has 7 heteroatoms. The molecule has 0 aliphatic carbocycles. The van der Waals surface area contributed by atoms with Crippen LogP contribution in [0.5, 0.6) is 5.75 Å². The van der Waals surface area contributed by atoms with Crippen molar-refractivity contribution in [3.8, 4) is 5.75 Å². The Morgan fingerprint density at radius 3 is 2.23 bits per heavy atom. The molecule has 0 aliphatic rings. The number of ether oxygens (including phenoxy) is 1. The minimum Gasteiger partial charge on any atom is -0.497 e. The SMILES string of the molecule is COc1ccc([C@@H](C)NC(=O)c2ccc(NS(=O)(=O)c3ccccc3)c(C)c2)cc1. The van der Waals surface area contributed by atoms with Crippen molar-refractivity contribution in [3.63, 3.8) is 0 Å². The Labute approximate surface area is 177 Å². The Balaban J connectivity index is 1.71. The average molecular weight is 425 g/mol. The van der Waals surface area contributed by atoms with E-state index in [2.05, 4.69) is 10.0 Å². The van der Waals surface area contributed by atoms with E-state index >= 15 is 0 Å². The van der Waals surface area contributed by atoms with Crippen molar-refractivity contribution in [3.05, 3.63) is 89.5 Å². The van der Waals surface area contributed by atoms with Crippen LogP contribution in [0.15, 0.2) is 77.7 Å². The van der Waals surface area contributed by atoms with Gasteiger partial charge in [-0.3, -0.25) is 9.52 Å². The molecule has 6 nitrogen and oxygen atoms in total. The van der Waals surface area contributed by atoms with Gasteiger partial charge < -0.3 is 10.1 Å². The van der Waals surface area contributed by atoms with Crippen LogP contribution in [0.2, 0.25) is 0 Å². The molecule has 0 saturated carbocycles. The molecule has 0 radical (unpaired) electrons. The summed E-state index contributed by atoms with van der Waals surface area (Å²) >= 11 is 0. The van der Waals surface area contributed by atoms with Crippen LogP contribution in [0.25, 0.3) is 0 Å². The van der Waals surface area contributed by atoms with Crippen LogP contribution in [0.4, 0.5) is 5.69 Å². The third kappa shape index (κ3) is 4.99. The zero-order valence-corrected chi connectivity index (χ0v) is 17.9. The third-order valence-electron chi connectivity index (χ3n) is 4.75. The van der Waals surface area contributed by atoms with Gasteiger partial charge in [-0.15, -0.1) is 0 Å². The minimum atomic E-state index is -3.69. The lowest BCUT2D eigenvalue weighted by atomic mass is 10.1. The summed E-state index contributed by atoms with van der Waals surface area (Å²) in [6.07, 6.45) is 0. The molecule has 0 fully saturated rings. The van der Waals surface area contributed by atoms with Gasteiger partial charge in [0.2, 0.25) is 0 Å². The molecule has 3 aromatic carbocycles. The topological polar surface area (TPSA) is 84.5 Å². The van der Waals surface area contributed by atoms with Crippen molar-refractivity contribution < 1.29 is 17.9 Å². The molecule has 0 bridgehead atoms. The van der Waals surface area contributed by atoms with Gasteiger partial charge in [0.15, 0.2) is 0 Å². The largest absolute Gasteiger partial charge is 0.497 e. The van der Waals surface area contributed by atoms with Crippen LogP contribution in [-0.4, -0.2) is 21.4 Å². The first-order valence-electron chi connectivity index (χ1n) is 9.43. The number of sulfonamides is 1. The summed E-state index contributed by atoms with van der Waals surface area (Å²) in [5.41, 5.74) is 2.49. The molecule has 1 atom stereocenters. The minimum absolute atomic E-state index is 0.180. The molecule has 0 aromatic heterocycles. The maximum absolute atomic E-state index is 12.6. The molecule has 0 heterocycles. The monoisotopic (exact) mass is 424 g/mol. The van der Waals surface area contributed by atoms with E-state index in [1.165, 1.54) is 12.1 Å². The Bertz CT molecular complexity index is 1130. The summed E-state index contributed by atoms with van der Waals surface area (Å²) in [5.74, 6) is 0.514. The summed E-state index contributed by atoms with van der Waals surface area (Å²) in [4.78, 5) is 12.8. The summed E-state index contributed by atoms with van der Waals surface area (Å²) in [7, 11) is -2.09. The molecule has 0 spiro atoms. The molecule has 2 N–H and O–H groups in total. The van der Waals surface area contributed by atoms with E-state index in [0.717, 1.165) is 11.3 Å². The highest BCUT2D eigenvalue weighted by Crippen LogP contribution is 2.22. The second kappa shape index (κ2) is 9.00. The van der Waals surface area contributed by atoms with Crippen LogP contribution in [0.3, 0.4) is 0 Å². The van der Waals surface area contributed by atoms with Crippen LogP contribution in [-0.2, 0) is 10.0 Å². The number of methoxy groups -OCH3 is 1. The lowest BCUT2D eigenvalue weighted by Crippen LogP contribution is -2.26. The predicted octanol–water partition coefficient (Wildman–Crippen LogP) is 4.30. The molecule has 0 saturated heterocycles. The highest BCUT2D eigenvalue weighted by atomic mass is 32.2. The van der Waals surface area contributed by atoms with E-state index in [4.69, 9.17) is 4.74 Å². The molecule has 30 heavy (non-hydrogen) atoms. The standard InChI is InChI=1S/C23H24N2O4S/c1-16-15-19(23(26)24-17(2)18-9-12-20(29-3)13-10-18)11-14-22(16)25-30(27,28)21-7-5-4-6-8-21/h4-15,17,25H,1-3H3,(H,24,26)/t17-/m1/s1. The first kappa shape index (κ1) is 21.4. The van der Waals surface area contributed by atoms with Crippen molar-refractivity contribution in [2.45, 2.75) is 24.8 Å². The van der Waals surface area contributed by atoms with E-state index < -0.39 is 10.0 Å². The van der Waals surface area contributed by atoms with Gasteiger partial charge in [0, 0.05) is 5.56 Å². The fraction of sp³-hybridized carbons (Fsp3) is 0.174. The molecule has 156 valence electrons. The Morgan fingerprint density at radius 1 is 0.967 bits per heavy atom. The number of benzene rings is 3. The highest BCUT2D eigenvalue weighted by molar-refractivity contribution is 7.92. The third-order valence-corrected chi connectivity index (χ3v) is 6.13. The van der Waals surface area contributed by atoms with Crippen molar-refractivity contribution in [2.75, 3.05) is 11.8 Å². The number of aryl methyl sites for hydroxylation is 1. The Morgan fingerprint density at radius 2 is 1.63 bits per heavy atom. The highest BCUT2D eigenvalue weighted by Gasteiger charge is 2.17. The van der Waals surface area contributed by atoms with Gasteiger partial charge in [-0.1, -0.05) is 30.3 Å². The number of carbonyl (C=O) groups excluding carboxylic acids is 1. The summed E-state index contributed by atoms with van der Waals surface area (Å²) in [5, 5.41) is 2.95. The number of anilines is 1. The molecule has 3 aromatic rings. The first-order valence-corrected chi connectivity index (χ1v) is 10.9. The van der Waals surface area contributed by atoms with Crippen molar-refractivity contribution >= 4 is 21.6 Å². The summed E-state index contributed by atoms with van der Waals surface area (Å²) in [6, 6.07) is 20.3. The van der Waals surface area contributed by atoms with Crippen molar-refractivity contribution in [1.82, 2.24) is 5.32 Å². The Hall–Kier alpha value is -3.32. The van der Waals surface area contributed by atoms with E-state index in [1.54, 1.807) is 50.4 Å². The van der Waals surface area contributed by atoms with E-state index in [0.29, 0.717) is 16.8 Å². The zero-order valence-electron chi connectivity index (χ0n) is 17.0. The smallest absolute Gasteiger partial charge is 0.261 e. The second-order valence-corrected chi connectivity index (χ2v) is 8.60. The summed E-state index contributed by atoms with van der Waals surface area (Å²) < 4.78 is 32.8. The molecule has 0 aliphatic heterocycles. The van der Waals surface area contributed by atoms with Crippen molar-refractivity contribution in [2.24, 2.45) is 0 Å². The zero-order chi connectivity index (χ0) is 21.7. The Kier molecular flexibility index (Phi) is 6.42. The normalized spacial score (nSPS) is 12.1. The lowest BCUT2D eigenvalue weighted by molar-refractivity contribution is 0.0940. The number of hydrogen-bond donors (Lipinski definition) is 2. The van der Waals surface area contributed by atoms with Gasteiger partial charge in [0.25, 0.3) is 15.9 Å². The van der Waals surface area contributed by atoms with Gasteiger partial charge >= 0.3 is 0 Å². The second-order valence-electron chi connectivity index (χ2n) is 6.92. The van der Waals surface area contributed by atoms with E-state index in [1.807, 2.05) is 31.2 Å². The number of amides is 1. The van der Waals surface area contributed by atoms with Crippen LogP contribution >= 0.6 is 0 Å². The molecular formula is C23H24N2O4S. The van der Waals surface area contributed by atoms with E-state index in [9.17, 15) is 13.2 Å². The number of nitrogens with one attached hydrogen (secondary N) is 2. The molecule has 3 rings (SSSR count). The number of hydrogen-bond acceptors (Lipinski definition) is 4. The van der Waals surface area contributed by atoms with Gasteiger partial charge in [0.1, 0.15) is 5.75 Å². The number of carbonyl (C=O) groups is 1. The average Bonchev–Trinajstić information content (AvgIpc) is 2.75. The van der Waals surface area contributed by atoms with Crippen LogP contribution in [0.1, 0.15) is 34.5 Å². The number of rotatable bonds is 7. The van der Waals surface area contributed by atoms with Gasteiger partial charge in [-0.2, -0.15) is 0 Å². The first-order chi connectivity index (χ1) is 14.3. The van der Waals surface area contributed by atoms with E-state index in [-0.39, 0.29) is 16.8 Å². The lowest BCUT2D eigenvalue weighted by Gasteiger charge is -2.16. The van der Waals surface area contributed by atoms with Crippen molar-refractivity contribution in [1.29, 1.82) is 0 Å². The van der Waals surface area contributed by atoms with Gasteiger partial charge in [-0.05, 0) is 67.4 Å². The predicted molar refractivity (Wildman–Crippen MR) is 117 cm³/mol. The quantitative estimate of drug-likeness (QED) is 0.592. The van der Waals surface area contributed by atoms with Crippen LogP contribution in [0, 0.1) is 6.92 Å². The molecule has 0 unspecified atom stereocenters. The molecule has 1 amide bonds. The fourth-order valence-electron chi connectivity index (χ4n) is 2.98. The summed E-state index contributed by atoms with van der Waals surface area (Å²) in [6.45, 7) is 3.65. The van der Waals surface area contributed by atoms with Gasteiger partial charge in [-0.25, -0.2) is 8.42 Å². The maximum Gasteiger partial charge on any atom is 0.261 e.